The average Bonchev–Trinajstić information content (AvgIpc) is 2.38. The number of aliphatic imine (C=N–C) groups is 1. The van der Waals surface area contributed by atoms with Gasteiger partial charge in [0.15, 0.2) is 0 Å². The van der Waals surface area contributed by atoms with Crippen LogP contribution in [0.15, 0.2) is 4.99 Å². The maximum Gasteiger partial charge on any atom is 0.227 e. The van der Waals surface area contributed by atoms with E-state index in [4.69, 9.17) is 11.1 Å². The molecule has 1 heterocycles. The number of nitrogens with one attached hydrogen (secondary N) is 1. The number of amidine groups is 1. The molecule has 2 unspecified atom stereocenters. The topological polar surface area (TPSA) is 103 Å². The van der Waals surface area contributed by atoms with Crippen LogP contribution in [-0.2, 0) is 4.79 Å². The molecule has 1 aliphatic carbocycles. The summed E-state index contributed by atoms with van der Waals surface area (Å²) in [7, 11) is 0. The Morgan fingerprint density at radius 1 is 1.53 bits per heavy atom. The molecule has 1 spiro atoms. The number of carbonyl (C=O) groups excluding carboxylic acids is 1. The van der Waals surface area contributed by atoms with E-state index < -0.39 is 23.2 Å². The third-order valence-electron chi connectivity index (χ3n) is 4.31. The van der Waals surface area contributed by atoms with Crippen LogP contribution in [-0.4, -0.2) is 23.0 Å². The van der Waals surface area contributed by atoms with Gasteiger partial charge in [0.25, 0.3) is 0 Å². The van der Waals surface area contributed by atoms with Crippen molar-refractivity contribution in [3.05, 3.63) is 0 Å². The van der Waals surface area contributed by atoms with Crippen LogP contribution in [0, 0.1) is 34.0 Å². The Labute approximate surface area is 117 Å². The van der Waals surface area contributed by atoms with Gasteiger partial charge in [0.2, 0.25) is 5.91 Å². The smallest absolute Gasteiger partial charge is 0.227 e. The predicted molar refractivity (Wildman–Crippen MR) is 76.0 cm³/mol. The van der Waals surface area contributed by atoms with Gasteiger partial charge in [0.1, 0.15) is 11.8 Å². The van der Waals surface area contributed by atoms with Crippen molar-refractivity contribution in [2.45, 2.75) is 32.1 Å². The minimum atomic E-state index is -0.610. The molecule has 1 aliphatic heterocycles. The average molecular weight is 278 g/mol. The molecule has 19 heavy (non-hydrogen) atoms. The number of nitrogens with two attached hydrogens (primary N) is 1. The summed E-state index contributed by atoms with van der Waals surface area (Å²) >= 11 is 1.36. The molecule has 1 amide bonds. The number of rotatable bonds is 1. The number of hydrogen-bond donors (Lipinski definition) is 2. The lowest BCUT2D eigenvalue weighted by molar-refractivity contribution is -0.124. The first kappa shape index (κ1) is 14.1. The Kier molecular flexibility index (Phi) is 3.95. The van der Waals surface area contributed by atoms with E-state index in [0.29, 0.717) is 5.04 Å². The van der Waals surface area contributed by atoms with E-state index in [2.05, 4.69) is 11.1 Å². The van der Waals surface area contributed by atoms with Crippen LogP contribution in [0.1, 0.15) is 32.1 Å². The zero-order valence-electron chi connectivity index (χ0n) is 11.0. The normalized spacial score (nSPS) is 29.7. The van der Waals surface area contributed by atoms with Crippen molar-refractivity contribution >= 4 is 28.5 Å². The molecule has 0 aromatic heterocycles. The fraction of sp³-hybridized carbons (Fsp3) is 0.692. The van der Waals surface area contributed by atoms with Crippen LogP contribution in [0.5, 0.6) is 0 Å². The number of amides is 1. The highest BCUT2D eigenvalue weighted by atomic mass is 32.2. The zero-order valence-corrected chi connectivity index (χ0v) is 11.8. The maximum absolute atomic E-state index is 11.9. The van der Waals surface area contributed by atoms with Gasteiger partial charge in [-0.2, -0.15) is 5.26 Å². The van der Waals surface area contributed by atoms with Crippen LogP contribution in [0.25, 0.3) is 0 Å². The fourth-order valence-electron chi connectivity index (χ4n) is 3.48. The molecular weight excluding hydrogens is 260 g/mol. The summed E-state index contributed by atoms with van der Waals surface area (Å²) in [6.07, 6.45) is 6.48. The molecule has 2 aliphatic rings. The van der Waals surface area contributed by atoms with Gasteiger partial charge in [-0.1, -0.05) is 19.3 Å². The molecule has 102 valence electrons. The van der Waals surface area contributed by atoms with Crippen LogP contribution >= 0.6 is 11.8 Å². The summed E-state index contributed by atoms with van der Waals surface area (Å²) in [5.41, 5.74) is 5.08. The molecule has 0 bridgehead atoms. The highest BCUT2D eigenvalue weighted by molar-refractivity contribution is 8.13. The van der Waals surface area contributed by atoms with Crippen molar-refractivity contribution in [2.75, 3.05) is 6.26 Å². The fourth-order valence-corrected chi connectivity index (χ4v) is 4.25. The molecule has 1 fully saturated rings. The Hall–Kier alpha value is -1.35. The first-order chi connectivity index (χ1) is 9.06. The minimum absolute atomic E-state index is 0.0891. The van der Waals surface area contributed by atoms with Gasteiger partial charge in [-0.05, 0) is 19.1 Å². The Bertz CT molecular complexity index is 474. The maximum atomic E-state index is 11.9. The second-order valence-corrected chi connectivity index (χ2v) is 6.06. The first-order valence-electron chi connectivity index (χ1n) is 6.47. The van der Waals surface area contributed by atoms with Crippen LogP contribution in [0.3, 0.4) is 0 Å². The highest BCUT2D eigenvalue weighted by Gasteiger charge is 2.54. The lowest BCUT2D eigenvalue weighted by Gasteiger charge is -2.47. The standard InChI is InChI=1S/C13H18N4OS/c1-19-12-9(11(16)18)13(5-3-2-4-6-13)8(7-14)10(15)17-12/h8-9,15H,2-6H2,1H3,(H2,16,18). The molecule has 0 saturated heterocycles. The van der Waals surface area contributed by atoms with Crippen molar-refractivity contribution in [1.29, 1.82) is 10.7 Å². The summed E-state index contributed by atoms with van der Waals surface area (Å²) in [6.45, 7) is 0. The molecule has 5 nitrogen and oxygen atoms in total. The SMILES string of the molecule is CSC1=NC(=N)C(C#N)C2(CCCCC2)C1C(N)=O. The van der Waals surface area contributed by atoms with Crippen molar-refractivity contribution in [2.24, 2.45) is 28.0 Å². The van der Waals surface area contributed by atoms with Crippen molar-refractivity contribution in [1.82, 2.24) is 0 Å². The second kappa shape index (κ2) is 5.33. The number of hydrogen-bond acceptors (Lipinski definition) is 4. The van der Waals surface area contributed by atoms with Gasteiger partial charge < -0.3 is 5.73 Å². The van der Waals surface area contributed by atoms with E-state index in [1.165, 1.54) is 11.8 Å². The van der Waals surface area contributed by atoms with E-state index in [9.17, 15) is 10.1 Å². The number of nitriles is 1. The molecule has 6 heteroatoms. The van der Waals surface area contributed by atoms with E-state index in [1.807, 2.05) is 6.26 Å². The summed E-state index contributed by atoms with van der Waals surface area (Å²) in [4.78, 5) is 16.1. The van der Waals surface area contributed by atoms with Gasteiger partial charge in [-0.3, -0.25) is 10.2 Å². The van der Waals surface area contributed by atoms with Gasteiger partial charge >= 0.3 is 0 Å². The molecule has 1 saturated carbocycles. The highest BCUT2D eigenvalue weighted by Crippen LogP contribution is 2.52. The summed E-state index contributed by atoms with van der Waals surface area (Å²) in [6, 6.07) is 2.20. The molecule has 2 atom stereocenters. The monoisotopic (exact) mass is 278 g/mol. The van der Waals surface area contributed by atoms with Gasteiger partial charge in [-0.15, -0.1) is 11.8 Å². The van der Waals surface area contributed by atoms with E-state index in [1.54, 1.807) is 0 Å². The van der Waals surface area contributed by atoms with Crippen molar-refractivity contribution in [3.8, 4) is 6.07 Å². The molecule has 0 radical (unpaired) electrons. The molecule has 3 N–H and O–H groups in total. The minimum Gasteiger partial charge on any atom is -0.369 e. The Morgan fingerprint density at radius 2 is 2.16 bits per heavy atom. The molecule has 0 aromatic carbocycles. The molecular formula is C13H18N4OS. The van der Waals surface area contributed by atoms with E-state index in [-0.39, 0.29) is 5.84 Å². The van der Waals surface area contributed by atoms with Crippen molar-refractivity contribution in [3.63, 3.8) is 0 Å². The Balaban J connectivity index is 2.55. The van der Waals surface area contributed by atoms with Gasteiger partial charge in [0, 0.05) is 5.41 Å². The number of nitrogens with zero attached hydrogens (tertiary/aromatic N) is 2. The van der Waals surface area contributed by atoms with Gasteiger partial charge in [-0.25, -0.2) is 4.99 Å². The third-order valence-corrected chi connectivity index (χ3v) is 5.05. The van der Waals surface area contributed by atoms with Crippen LogP contribution in [0.2, 0.25) is 0 Å². The van der Waals surface area contributed by atoms with Crippen molar-refractivity contribution < 1.29 is 4.79 Å². The summed E-state index contributed by atoms with van der Waals surface area (Å²) in [5, 5.41) is 18.0. The quantitative estimate of drug-likeness (QED) is 0.765. The predicted octanol–water partition coefficient (Wildman–Crippen LogP) is 1.93. The second-order valence-electron chi connectivity index (χ2n) is 5.23. The lowest BCUT2D eigenvalue weighted by Crippen LogP contribution is -2.53. The number of carbonyl (C=O) groups is 1. The Morgan fingerprint density at radius 3 is 2.63 bits per heavy atom. The largest absolute Gasteiger partial charge is 0.369 e. The molecule has 2 rings (SSSR count). The van der Waals surface area contributed by atoms with E-state index >= 15 is 0 Å². The molecule has 0 aromatic rings. The lowest BCUT2D eigenvalue weighted by atomic mass is 9.58. The van der Waals surface area contributed by atoms with E-state index in [0.717, 1.165) is 32.1 Å². The summed E-state index contributed by atoms with van der Waals surface area (Å²) < 4.78 is 0. The van der Waals surface area contributed by atoms with Crippen LogP contribution < -0.4 is 5.73 Å². The zero-order chi connectivity index (χ0) is 14.0. The third kappa shape index (κ3) is 2.16. The van der Waals surface area contributed by atoms with Crippen LogP contribution in [0.4, 0.5) is 0 Å². The summed E-state index contributed by atoms with van der Waals surface area (Å²) in [5.74, 6) is -1.45. The van der Waals surface area contributed by atoms with Gasteiger partial charge in [0.05, 0.1) is 17.0 Å². The number of thioether (sulfide) groups is 1. The number of primary amides is 1. The first-order valence-corrected chi connectivity index (χ1v) is 7.69.